The molecule has 4 aromatic rings. The number of hydrogen-bond acceptors (Lipinski definition) is 10. The van der Waals surface area contributed by atoms with Gasteiger partial charge in [0.1, 0.15) is 18.2 Å². The highest BCUT2D eigenvalue weighted by Crippen LogP contribution is 2.36. The molecule has 3 aromatic carbocycles. The third-order valence-electron chi connectivity index (χ3n) is 7.27. The Balaban J connectivity index is 1.55. The van der Waals surface area contributed by atoms with Gasteiger partial charge in [0.05, 0.1) is 46.6 Å². The normalized spacial score (nSPS) is 14.2. The van der Waals surface area contributed by atoms with Crippen LogP contribution in [0.3, 0.4) is 0 Å². The van der Waals surface area contributed by atoms with E-state index < -0.39 is 18.0 Å². The Morgan fingerprint density at radius 3 is 2.48 bits per heavy atom. The molecule has 0 unspecified atom stereocenters. The van der Waals surface area contributed by atoms with Crippen LogP contribution in [0.1, 0.15) is 43.5 Å². The van der Waals surface area contributed by atoms with Crippen LogP contribution in [0.25, 0.3) is 6.08 Å². The largest absolute Gasteiger partial charge is 0.490 e. The summed E-state index contributed by atoms with van der Waals surface area (Å²) in [6.45, 7) is 5.35. The number of esters is 2. The van der Waals surface area contributed by atoms with Crippen molar-refractivity contribution in [1.29, 1.82) is 0 Å². The quantitative estimate of drug-likeness (QED) is 0.182. The van der Waals surface area contributed by atoms with Gasteiger partial charge in [0.15, 0.2) is 22.9 Å². The minimum Gasteiger partial charge on any atom is -0.490 e. The van der Waals surface area contributed by atoms with Crippen LogP contribution in [-0.4, -0.2) is 43.4 Å². The van der Waals surface area contributed by atoms with Crippen LogP contribution in [0, 0.1) is 5.82 Å². The number of nitrogens with zero attached hydrogens (tertiary/aromatic N) is 2. The lowest BCUT2D eigenvalue weighted by molar-refractivity contribution is -0.143. The van der Waals surface area contributed by atoms with Gasteiger partial charge in [-0.1, -0.05) is 41.7 Å². The zero-order valence-electron chi connectivity index (χ0n) is 26.6. The summed E-state index contributed by atoms with van der Waals surface area (Å²) in [5.41, 5.74) is 1.94. The van der Waals surface area contributed by atoms with E-state index in [9.17, 15) is 18.8 Å². The van der Waals surface area contributed by atoms with Crippen LogP contribution in [-0.2, 0) is 25.7 Å². The molecule has 0 radical (unpaired) electrons. The first-order chi connectivity index (χ1) is 23.1. The molecule has 1 aliphatic heterocycles. The van der Waals surface area contributed by atoms with Gasteiger partial charge >= 0.3 is 11.9 Å². The van der Waals surface area contributed by atoms with E-state index in [0.29, 0.717) is 60.0 Å². The molecule has 250 valence electrons. The number of methoxy groups -OCH3 is 1. The lowest BCUT2D eigenvalue weighted by Gasteiger charge is -2.25. The van der Waals surface area contributed by atoms with E-state index in [-0.39, 0.29) is 36.8 Å². The first-order valence-corrected chi connectivity index (χ1v) is 16.6. The number of hydrogen-bond donors (Lipinski definition) is 0. The Labute approximate surface area is 287 Å². The molecule has 1 atom stereocenters. The maximum atomic E-state index is 14.1. The molecule has 0 saturated carbocycles. The van der Waals surface area contributed by atoms with Gasteiger partial charge in [0, 0.05) is 5.56 Å². The van der Waals surface area contributed by atoms with Crippen molar-refractivity contribution in [3.63, 3.8) is 0 Å². The van der Waals surface area contributed by atoms with Crippen LogP contribution in [0.15, 0.2) is 86.2 Å². The lowest BCUT2D eigenvalue weighted by Crippen LogP contribution is -2.40. The number of rotatable bonds is 12. The number of aromatic nitrogens is 1. The van der Waals surface area contributed by atoms with Gasteiger partial charge < -0.3 is 23.7 Å². The first-order valence-electron chi connectivity index (χ1n) is 15.0. The summed E-state index contributed by atoms with van der Waals surface area (Å²) in [7, 11) is 1.26. The molecule has 2 heterocycles. The predicted molar refractivity (Wildman–Crippen MR) is 180 cm³/mol. The zero-order chi connectivity index (χ0) is 34.4. The molecule has 0 aliphatic carbocycles. The highest BCUT2D eigenvalue weighted by Gasteiger charge is 2.34. The molecule has 1 aliphatic rings. The number of carbonyl (C=O) groups is 2. The van der Waals surface area contributed by atoms with Crippen molar-refractivity contribution in [2.45, 2.75) is 33.4 Å². The molecule has 0 spiro atoms. The van der Waals surface area contributed by atoms with Crippen molar-refractivity contribution in [1.82, 2.24) is 4.57 Å². The van der Waals surface area contributed by atoms with Gasteiger partial charge in [0.2, 0.25) is 0 Å². The highest BCUT2D eigenvalue weighted by atomic mass is 79.9. The van der Waals surface area contributed by atoms with Crippen LogP contribution in [0.4, 0.5) is 4.39 Å². The number of allylic oxidation sites excluding steroid dienone is 1. The second kappa shape index (κ2) is 15.4. The molecule has 0 amide bonds. The molecule has 13 heteroatoms. The van der Waals surface area contributed by atoms with Crippen LogP contribution < -0.4 is 29.1 Å². The first kappa shape index (κ1) is 34.6. The molecule has 10 nitrogen and oxygen atoms in total. The minimum absolute atomic E-state index is 0.0504. The molecular weight excluding hydrogens is 707 g/mol. The maximum Gasteiger partial charge on any atom is 0.343 e. The predicted octanol–water partition coefficient (Wildman–Crippen LogP) is 5.23. The second-order valence-corrected chi connectivity index (χ2v) is 12.2. The summed E-state index contributed by atoms with van der Waals surface area (Å²) in [6.07, 6.45) is 1.73. The van der Waals surface area contributed by atoms with Crippen molar-refractivity contribution in [3.05, 3.63) is 119 Å². The average molecular weight is 740 g/mol. The van der Waals surface area contributed by atoms with Crippen LogP contribution >= 0.6 is 27.3 Å². The van der Waals surface area contributed by atoms with Crippen molar-refractivity contribution >= 4 is 45.3 Å². The SMILES string of the molecule is CCOC(=O)C1=C(C)N=c2s/c(=C\c3ccc(OCc4ccccc4F)c(Br)c3)c(=O)n2[C@@H]1c1ccc(OCC(=O)OC)c(OCC)c1. The van der Waals surface area contributed by atoms with E-state index in [1.54, 1.807) is 81.4 Å². The van der Waals surface area contributed by atoms with Gasteiger partial charge in [-0.25, -0.2) is 19.0 Å². The lowest BCUT2D eigenvalue weighted by atomic mass is 9.95. The molecule has 48 heavy (non-hydrogen) atoms. The summed E-state index contributed by atoms with van der Waals surface area (Å²) in [6, 6.07) is 15.8. The standard InChI is InChI=1S/C35H32BrFN2O8S/c1-5-44-28-17-22(12-14-27(28)47-19-30(40)43-4)32-31(34(42)45-6-2)20(3)38-35-39(32)33(41)29(48-35)16-21-11-13-26(24(36)15-21)46-18-23-9-7-8-10-25(23)37/h7-17,32H,5-6,18-19H2,1-4H3/b29-16-/t32-/m1/s1. The number of thiazole rings is 1. The third-order valence-corrected chi connectivity index (χ3v) is 8.87. The Morgan fingerprint density at radius 2 is 1.77 bits per heavy atom. The summed E-state index contributed by atoms with van der Waals surface area (Å²) >= 11 is 4.70. The number of benzene rings is 3. The van der Waals surface area contributed by atoms with E-state index in [1.165, 1.54) is 29.1 Å². The van der Waals surface area contributed by atoms with Gasteiger partial charge in [0.25, 0.3) is 5.56 Å². The molecule has 0 N–H and O–H groups in total. The van der Waals surface area contributed by atoms with Crippen LogP contribution in [0.2, 0.25) is 0 Å². The topological polar surface area (TPSA) is 115 Å². The fraction of sp³-hybridized carbons (Fsp3) is 0.257. The second-order valence-electron chi connectivity index (χ2n) is 10.4. The van der Waals surface area contributed by atoms with Gasteiger partial charge in [-0.15, -0.1) is 0 Å². The van der Waals surface area contributed by atoms with E-state index in [0.717, 1.165) is 0 Å². The Hall–Kier alpha value is -4.75. The summed E-state index contributed by atoms with van der Waals surface area (Å²) in [5, 5.41) is 0. The average Bonchev–Trinajstić information content (AvgIpc) is 3.37. The maximum absolute atomic E-state index is 14.1. The Bertz CT molecular complexity index is 2070. The fourth-order valence-corrected chi connectivity index (χ4v) is 6.59. The van der Waals surface area contributed by atoms with Crippen molar-refractivity contribution in [2.75, 3.05) is 26.9 Å². The van der Waals surface area contributed by atoms with Crippen molar-refractivity contribution in [2.24, 2.45) is 4.99 Å². The Kier molecular flexibility index (Phi) is 11.1. The van der Waals surface area contributed by atoms with E-state index in [4.69, 9.17) is 18.9 Å². The number of halogens is 2. The number of fused-ring (bicyclic) bond motifs is 1. The van der Waals surface area contributed by atoms with Gasteiger partial charge in [-0.2, -0.15) is 0 Å². The van der Waals surface area contributed by atoms with Gasteiger partial charge in [-0.05, 0) is 84.2 Å². The molecule has 0 fully saturated rings. The summed E-state index contributed by atoms with van der Waals surface area (Å²) in [4.78, 5) is 44.2. The summed E-state index contributed by atoms with van der Waals surface area (Å²) in [5.74, 6) is -0.386. The van der Waals surface area contributed by atoms with E-state index in [1.807, 2.05) is 0 Å². The highest BCUT2D eigenvalue weighted by molar-refractivity contribution is 9.10. The fourth-order valence-electron chi connectivity index (χ4n) is 5.03. The molecule has 1 aromatic heterocycles. The van der Waals surface area contributed by atoms with E-state index >= 15 is 0 Å². The van der Waals surface area contributed by atoms with Crippen molar-refractivity contribution in [3.8, 4) is 17.2 Å². The van der Waals surface area contributed by atoms with Gasteiger partial charge in [-0.3, -0.25) is 9.36 Å². The molecular formula is C35H32BrFN2O8S. The molecule has 0 bridgehead atoms. The number of carbonyl (C=O) groups excluding carboxylic acids is 2. The smallest absolute Gasteiger partial charge is 0.343 e. The Morgan fingerprint density at radius 1 is 1.00 bits per heavy atom. The van der Waals surface area contributed by atoms with Crippen LogP contribution in [0.5, 0.6) is 17.2 Å². The number of ether oxygens (including phenoxy) is 5. The summed E-state index contributed by atoms with van der Waals surface area (Å²) < 4.78 is 43.9. The zero-order valence-corrected chi connectivity index (χ0v) is 29.0. The third kappa shape index (κ3) is 7.52. The van der Waals surface area contributed by atoms with E-state index in [2.05, 4.69) is 25.7 Å². The van der Waals surface area contributed by atoms with Crippen molar-refractivity contribution < 1.29 is 37.7 Å². The molecule has 0 saturated heterocycles. The minimum atomic E-state index is -0.891. The monoisotopic (exact) mass is 738 g/mol. The molecule has 5 rings (SSSR count).